The molecule has 1 aliphatic carbocycles. The maximum atomic E-state index is 12.9. The minimum Gasteiger partial charge on any atom is -0.497 e. The second-order valence-corrected chi connectivity index (χ2v) is 11.0. The SMILES string of the molecule is COc1ccc(C(C)(C)C2=CC=C(Oc3ccc(S(=O)(=O)c4ccc(C)cc4)cc3)CC2)cc1. The van der Waals surface area contributed by atoms with Gasteiger partial charge in [-0.15, -0.1) is 0 Å². The molecule has 0 saturated carbocycles. The van der Waals surface area contributed by atoms with E-state index in [-0.39, 0.29) is 10.3 Å². The molecule has 0 bridgehead atoms. The van der Waals surface area contributed by atoms with Gasteiger partial charge in [0.15, 0.2) is 0 Å². The molecule has 0 N–H and O–H groups in total. The third kappa shape index (κ3) is 4.95. The number of hydrogen-bond acceptors (Lipinski definition) is 4. The predicted molar refractivity (Wildman–Crippen MR) is 135 cm³/mol. The van der Waals surface area contributed by atoms with Crippen LogP contribution < -0.4 is 9.47 Å². The molecule has 3 aromatic rings. The normalized spacial score (nSPS) is 14.2. The van der Waals surface area contributed by atoms with Crippen LogP contribution in [-0.4, -0.2) is 15.5 Å². The first-order valence-electron chi connectivity index (χ1n) is 11.3. The zero-order valence-electron chi connectivity index (χ0n) is 20.0. The summed E-state index contributed by atoms with van der Waals surface area (Å²) < 4.78 is 37.0. The van der Waals surface area contributed by atoms with Crippen LogP contribution in [0, 0.1) is 6.92 Å². The standard InChI is InChI=1S/C29H30O4S/c1-21-5-17-27(18-6-21)34(30,31)28-19-15-26(16-20-28)33-25-13-9-23(10-14-25)29(2,3)22-7-11-24(32-4)12-8-22/h5-9,11-13,15-20H,10,14H2,1-4H3. The molecule has 0 unspecified atom stereocenters. The Labute approximate surface area is 202 Å². The van der Waals surface area contributed by atoms with Crippen molar-refractivity contribution in [1.29, 1.82) is 0 Å². The number of ether oxygens (including phenoxy) is 2. The van der Waals surface area contributed by atoms with Crippen LogP contribution in [0.15, 0.2) is 106 Å². The summed E-state index contributed by atoms with van der Waals surface area (Å²) in [4.78, 5) is 0.545. The second kappa shape index (κ2) is 9.51. The molecule has 0 fully saturated rings. The van der Waals surface area contributed by atoms with Crippen molar-refractivity contribution < 1.29 is 17.9 Å². The van der Waals surface area contributed by atoms with Crippen LogP contribution in [0.1, 0.15) is 37.8 Å². The van der Waals surface area contributed by atoms with Crippen molar-refractivity contribution in [3.05, 3.63) is 107 Å². The molecule has 0 saturated heterocycles. The van der Waals surface area contributed by atoms with E-state index in [4.69, 9.17) is 9.47 Å². The number of aryl methyl sites for hydroxylation is 1. The van der Waals surface area contributed by atoms with Gasteiger partial charge in [0.05, 0.1) is 16.9 Å². The second-order valence-electron chi connectivity index (χ2n) is 9.07. The number of sulfone groups is 1. The molecule has 0 atom stereocenters. The van der Waals surface area contributed by atoms with Gasteiger partial charge >= 0.3 is 0 Å². The molecule has 5 heteroatoms. The highest BCUT2D eigenvalue weighted by Gasteiger charge is 2.27. The molecule has 176 valence electrons. The molecule has 0 aliphatic heterocycles. The number of allylic oxidation sites excluding steroid dienone is 4. The van der Waals surface area contributed by atoms with Gasteiger partial charge in [0.1, 0.15) is 17.3 Å². The molecule has 0 amide bonds. The Morgan fingerprint density at radius 2 is 1.29 bits per heavy atom. The minimum atomic E-state index is -3.55. The Kier molecular flexibility index (Phi) is 6.67. The molecule has 0 aromatic heterocycles. The highest BCUT2D eigenvalue weighted by atomic mass is 32.2. The van der Waals surface area contributed by atoms with Crippen LogP contribution in [0.25, 0.3) is 0 Å². The Bertz CT molecular complexity index is 1310. The van der Waals surface area contributed by atoms with Crippen LogP contribution in [0.2, 0.25) is 0 Å². The zero-order valence-corrected chi connectivity index (χ0v) is 20.9. The third-order valence-electron chi connectivity index (χ3n) is 6.44. The van der Waals surface area contributed by atoms with Crippen LogP contribution >= 0.6 is 0 Å². The van der Waals surface area contributed by atoms with E-state index in [2.05, 4.69) is 32.1 Å². The predicted octanol–water partition coefficient (Wildman–Crippen LogP) is 6.80. The van der Waals surface area contributed by atoms with E-state index in [0.717, 1.165) is 29.9 Å². The van der Waals surface area contributed by atoms with Gasteiger partial charge in [-0.25, -0.2) is 8.42 Å². The first kappa shape index (κ1) is 23.8. The lowest BCUT2D eigenvalue weighted by Crippen LogP contribution is -2.22. The van der Waals surface area contributed by atoms with Gasteiger partial charge < -0.3 is 9.47 Å². The number of hydrogen-bond donors (Lipinski definition) is 0. The van der Waals surface area contributed by atoms with E-state index in [0.29, 0.717) is 10.6 Å². The Morgan fingerprint density at radius 3 is 1.82 bits per heavy atom. The van der Waals surface area contributed by atoms with E-state index in [1.165, 1.54) is 11.1 Å². The van der Waals surface area contributed by atoms with Gasteiger partial charge in [-0.2, -0.15) is 0 Å². The monoisotopic (exact) mass is 474 g/mol. The van der Waals surface area contributed by atoms with E-state index >= 15 is 0 Å². The van der Waals surface area contributed by atoms with Crippen LogP contribution in [-0.2, 0) is 15.3 Å². The van der Waals surface area contributed by atoms with Crippen molar-refractivity contribution in [2.75, 3.05) is 7.11 Å². The van der Waals surface area contributed by atoms with Gasteiger partial charge in [0, 0.05) is 11.8 Å². The van der Waals surface area contributed by atoms with Gasteiger partial charge in [0.2, 0.25) is 9.84 Å². The number of rotatable bonds is 7. The van der Waals surface area contributed by atoms with Crippen molar-refractivity contribution in [2.24, 2.45) is 0 Å². The number of benzene rings is 3. The summed E-state index contributed by atoms with van der Waals surface area (Å²) >= 11 is 0. The molecular weight excluding hydrogens is 444 g/mol. The average molecular weight is 475 g/mol. The smallest absolute Gasteiger partial charge is 0.206 e. The maximum absolute atomic E-state index is 12.9. The van der Waals surface area contributed by atoms with Gasteiger partial charge in [-0.3, -0.25) is 0 Å². The summed E-state index contributed by atoms with van der Waals surface area (Å²) in [6.45, 7) is 6.39. The van der Waals surface area contributed by atoms with Gasteiger partial charge in [-0.1, -0.05) is 55.3 Å². The minimum absolute atomic E-state index is 0.0969. The summed E-state index contributed by atoms with van der Waals surface area (Å²) in [5.74, 6) is 2.34. The summed E-state index contributed by atoms with van der Waals surface area (Å²) in [5, 5.41) is 0. The van der Waals surface area contributed by atoms with Crippen LogP contribution in [0.5, 0.6) is 11.5 Å². The van der Waals surface area contributed by atoms with E-state index in [1.54, 1.807) is 55.6 Å². The average Bonchev–Trinajstić information content (AvgIpc) is 2.85. The fourth-order valence-corrected chi connectivity index (χ4v) is 5.37. The third-order valence-corrected chi connectivity index (χ3v) is 8.23. The molecule has 0 radical (unpaired) electrons. The molecule has 0 spiro atoms. The largest absolute Gasteiger partial charge is 0.497 e. The maximum Gasteiger partial charge on any atom is 0.206 e. The van der Waals surface area contributed by atoms with Crippen LogP contribution in [0.3, 0.4) is 0 Å². The molecule has 34 heavy (non-hydrogen) atoms. The first-order valence-corrected chi connectivity index (χ1v) is 12.8. The van der Waals surface area contributed by atoms with Crippen molar-refractivity contribution in [2.45, 2.75) is 48.8 Å². The summed E-state index contributed by atoms with van der Waals surface area (Å²) in [6, 6.07) is 21.7. The molecular formula is C29H30O4S. The molecule has 1 aliphatic rings. The molecule has 3 aromatic carbocycles. The van der Waals surface area contributed by atoms with Crippen molar-refractivity contribution >= 4 is 9.84 Å². The lowest BCUT2D eigenvalue weighted by Gasteiger charge is -2.31. The lowest BCUT2D eigenvalue weighted by molar-refractivity contribution is 0.395. The fraction of sp³-hybridized carbons (Fsp3) is 0.241. The number of methoxy groups -OCH3 is 1. The summed E-state index contributed by atoms with van der Waals surface area (Å²) in [6.07, 6.45) is 5.83. The summed E-state index contributed by atoms with van der Waals surface area (Å²) in [5.41, 5.74) is 3.50. The molecule has 0 heterocycles. The van der Waals surface area contributed by atoms with Gasteiger partial charge in [0.25, 0.3) is 0 Å². The highest BCUT2D eigenvalue weighted by Crippen LogP contribution is 2.38. The Balaban J connectivity index is 1.47. The Hall–Kier alpha value is -3.31. The van der Waals surface area contributed by atoms with E-state index < -0.39 is 9.84 Å². The lowest BCUT2D eigenvalue weighted by atomic mass is 9.74. The van der Waals surface area contributed by atoms with Crippen LogP contribution in [0.4, 0.5) is 0 Å². The molecule has 4 rings (SSSR count). The molecule has 4 nitrogen and oxygen atoms in total. The topological polar surface area (TPSA) is 52.6 Å². The first-order chi connectivity index (χ1) is 16.2. The zero-order chi connectivity index (χ0) is 24.3. The van der Waals surface area contributed by atoms with E-state index in [1.807, 2.05) is 25.1 Å². The fourth-order valence-electron chi connectivity index (χ4n) is 4.11. The quantitative estimate of drug-likeness (QED) is 0.378. The van der Waals surface area contributed by atoms with Crippen molar-refractivity contribution in [1.82, 2.24) is 0 Å². The van der Waals surface area contributed by atoms with Gasteiger partial charge in [-0.05, 0) is 73.5 Å². The Morgan fingerprint density at radius 1 is 0.735 bits per heavy atom. The van der Waals surface area contributed by atoms with E-state index in [9.17, 15) is 8.42 Å². The summed E-state index contributed by atoms with van der Waals surface area (Å²) in [7, 11) is -1.87. The highest BCUT2D eigenvalue weighted by molar-refractivity contribution is 7.91. The van der Waals surface area contributed by atoms with Crippen molar-refractivity contribution in [3.8, 4) is 11.5 Å². The van der Waals surface area contributed by atoms with Crippen molar-refractivity contribution in [3.63, 3.8) is 0 Å².